The molecule has 0 bridgehead atoms. The maximum Gasteiger partial charge on any atom is 0.271 e. The molecule has 0 fully saturated rings. The maximum absolute atomic E-state index is 12.3. The molecular formula is C12H12Br2N2O2S2. The molecule has 8 heteroatoms. The monoisotopic (exact) mass is 438 g/mol. The Morgan fingerprint density at radius 1 is 1.15 bits per heavy atom. The second-order valence-corrected chi connectivity index (χ2v) is 9.45. The molecule has 2 aromatic rings. The van der Waals surface area contributed by atoms with E-state index in [9.17, 15) is 8.42 Å². The number of thiophene rings is 1. The van der Waals surface area contributed by atoms with Crippen LogP contribution in [0.25, 0.3) is 0 Å². The van der Waals surface area contributed by atoms with Crippen molar-refractivity contribution in [3.05, 3.63) is 37.6 Å². The van der Waals surface area contributed by atoms with E-state index in [2.05, 4.69) is 36.6 Å². The summed E-state index contributed by atoms with van der Waals surface area (Å²) in [5.74, 6) is 0. The maximum atomic E-state index is 12.3. The molecule has 0 atom stereocenters. The van der Waals surface area contributed by atoms with E-state index < -0.39 is 10.0 Å². The highest BCUT2D eigenvalue weighted by Crippen LogP contribution is 2.34. The fourth-order valence-electron chi connectivity index (χ4n) is 1.53. The average molecular weight is 440 g/mol. The van der Waals surface area contributed by atoms with E-state index in [1.165, 1.54) is 11.3 Å². The summed E-state index contributed by atoms with van der Waals surface area (Å²) in [6, 6.07) is 5.01. The zero-order chi connectivity index (χ0) is 15.1. The summed E-state index contributed by atoms with van der Waals surface area (Å²) in [5.41, 5.74) is 8.55. The first-order chi connectivity index (χ1) is 9.20. The van der Waals surface area contributed by atoms with Gasteiger partial charge in [0.25, 0.3) is 10.0 Å². The normalized spacial score (nSPS) is 11.6. The van der Waals surface area contributed by atoms with Crippen molar-refractivity contribution in [3.63, 3.8) is 0 Å². The summed E-state index contributed by atoms with van der Waals surface area (Å²) in [4.78, 5) is 0. The van der Waals surface area contributed by atoms with E-state index in [0.29, 0.717) is 15.8 Å². The molecule has 3 N–H and O–H groups in total. The van der Waals surface area contributed by atoms with Crippen molar-refractivity contribution < 1.29 is 8.42 Å². The molecular weight excluding hydrogens is 428 g/mol. The van der Waals surface area contributed by atoms with Gasteiger partial charge >= 0.3 is 0 Å². The Kier molecular flexibility index (Phi) is 4.48. The third-order valence-corrected chi connectivity index (χ3v) is 7.33. The summed E-state index contributed by atoms with van der Waals surface area (Å²) in [5, 5.41) is 0. The number of halogens is 2. The van der Waals surface area contributed by atoms with Crippen LogP contribution in [0, 0.1) is 13.8 Å². The van der Waals surface area contributed by atoms with Crippen LogP contribution in [0.15, 0.2) is 30.7 Å². The van der Waals surface area contributed by atoms with Gasteiger partial charge in [0.15, 0.2) is 0 Å². The molecule has 0 saturated heterocycles. The predicted octanol–water partition coefficient (Wildman–Crippen LogP) is 4.27. The van der Waals surface area contributed by atoms with Gasteiger partial charge in [-0.1, -0.05) is 0 Å². The minimum atomic E-state index is -3.61. The number of nitrogens with one attached hydrogen (secondary N) is 1. The van der Waals surface area contributed by atoms with E-state index in [4.69, 9.17) is 5.73 Å². The Hall–Kier alpha value is -0.570. The Labute approximate surface area is 138 Å². The van der Waals surface area contributed by atoms with Gasteiger partial charge in [-0.05, 0) is 75.0 Å². The lowest BCUT2D eigenvalue weighted by Crippen LogP contribution is -2.12. The summed E-state index contributed by atoms with van der Waals surface area (Å²) < 4.78 is 28.9. The predicted molar refractivity (Wildman–Crippen MR) is 90.9 cm³/mol. The number of hydrogen-bond acceptors (Lipinski definition) is 4. The number of benzene rings is 1. The lowest BCUT2D eigenvalue weighted by atomic mass is 10.2. The Bertz CT molecular complexity index is 751. The van der Waals surface area contributed by atoms with Crippen LogP contribution in [0.3, 0.4) is 0 Å². The third-order valence-electron chi connectivity index (χ3n) is 2.70. The van der Waals surface area contributed by atoms with Gasteiger partial charge in [0, 0.05) is 10.2 Å². The van der Waals surface area contributed by atoms with Crippen LogP contribution in [0.1, 0.15) is 11.1 Å². The molecule has 2 rings (SSSR count). The van der Waals surface area contributed by atoms with Crippen LogP contribution in [0.4, 0.5) is 11.4 Å². The van der Waals surface area contributed by atoms with Crippen molar-refractivity contribution >= 4 is 64.6 Å². The molecule has 4 nitrogen and oxygen atoms in total. The van der Waals surface area contributed by atoms with Crippen LogP contribution < -0.4 is 10.5 Å². The smallest absolute Gasteiger partial charge is 0.271 e. The zero-order valence-electron chi connectivity index (χ0n) is 10.7. The molecule has 0 amide bonds. The summed E-state index contributed by atoms with van der Waals surface area (Å²) in [7, 11) is -3.61. The lowest BCUT2D eigenvalue weighted by Gasteiger charge is -2.10. The van der Waals surface area contributed by atoms with Gasteiger partial charge in [0.2, 0.25) is 0 Å². The highest BCUT2D eigenvalue weighted by atomic mass is 79.9. The average Bonchev–Trinajstić information content (AvgIpc) is 2.67. The quantitative estimate of drug-likeness (QED) is 0.701. The standard InChI is InChI=1S/C12H12Br2N2O2S2/c1-6-3-8(13)10(5-9(6)15)16-20(17,18)11-4-7(2)12(14)19-11/h3-5,16H,15H2,1-2H3. The van der Waals surface area contributed by atoms with Gasteiger partial charge in [-0.2, -0.15) is 0 Å². The fourth-order valence-corrected chi connectivity index (χ4v) is 5.51. The number of hydrogen-bond donors (Lipinski definition) is 2. The van der Waals surface area contributed by atoms with Crippen molar-refractivity contribution in [1.29, 1.82) is 0 Å². The van der Waals surface area contributed by atoms with Gasteiger partial charge in [-0.25, -0.2) is 8.42 Å². The molecule has 0 unspecified atom stereocenters. The first-order valence-electron chi connectivity index (χ1n) is 5.55. The van der Waals surface area contributed by atoms with Crippen molar-refractivity contribution in [3.8, 4) is 0 Å². The highest BCUT2D eigenvalue weighted by Gasteiger charge is 2.19. The molecule has 20 heavy (non-hydrogen) atoms. The van der Waals surface area contributed by atoms with Crippen LogP contribution >= 0.6 is 43.2 Å². The van der Waals surface area contributed by atoms with Gasteiger partial charge < -0.3 is 5.73 Å². The Morgan fingerprint density at radius 3 is 2.35 bits per heavy atom. The number of anilines is 2. The minimum absolute atomic E-state index is 0.257. The number of sulfonamides is 1. The molecule has 0 radical (unpaired) electrons. The minimum Gasteiger partial charge on any atom is -0.398 e. The second kappa shape index (κ2) is 5.67. The van der Waals surface area contributed by atoms with Crippen LogP contribution in [-0.4, -0.2) is 8.42 Å². The van der Waals surface area contributed by atoms with Crippen molar-refractivity contribution in [2.24, 2.45) is 0 Å². The summed E-state index contributed by atoms with van der Waals surface area (Å²) >= 11 is 7.84. The molecule has 0 spiro atoms. The van der Waals surface area contributed by atoms with E-state index in [0.717, 1.165) is 14.9 Å². The van der Waals surface area contributed by atoms with Gasteiger partial charge in [0.05, 0.1) is 9.47 Å². The number of rotatable bonds is 3. The molecule has 108 valence electrons. The SMILES string of the molecule is Cc1cc(Br)c(NS(=O)(=O)c2cc(C)c(Br)s2)cc1N. The van der Waals surface area contributed by atoms with Gasteiger partial charge in [-0.15, -0.1) is 11.3 Å². The molecule has 0 aliphatic rings. The molecule has 1 aromatic heterocycles. The Morgan fingerprint density at radius 2 is 1.80 bits per heavy atom. The van der Waals surface area contributed by atoms with E-state index >= 15 is 0 Å². The second-order valence-electron chi connectivity index (χ2n) is 4.32. The Balaban J connectivity index is 2.40. The molecule has 0 saturated carbocycles. The summed E-state index contributed by atoms with van der Waals surface area (Å²) in [6.07, 6.45) is 0. The fraction of sp³-hybridized carbons (Fsp3) is 0.167. The highest BCUT2D eigenvalue weighted by molar-refractivity contribution is 9.11. The number of aryl methyl sites for hydroxylation is 2. The molecule has 1 aromatic carbocycles. The largest absolute Gasteiger partial charge is 0.398 e. The van der Waals surface area contributed by atoms with E-state index in [-0.39, 0.29) is 4.21 Å². The first-order valence-corrected chi connectivity index (χ1v) is 9.43. The summed E-state index contributed by atoms with van der Waals surface area (Å²) in [6.45, 7) is 3.71. The van der Waals surface area contributed by atoms with Gasteiger partial charge in [0.1, 0.15) is 4.21 Å². The van der Waals surface area contributed by atoms with E-state index in [1.807, 2.05) is 13.8 Å². The number of nitrogens with two attached hydrogens (primary N) is 1. The third kappa shape index (κ3) is 3.19. The van der Waals surface area contributed by atoms with Crippen LogP contribution in [-0.2, 0) is 10.0 Å². The molecule has 0 aliphatic carbocycles. The van der Waals surface area contributed by atoms with Gasteiger partial charge in [-0.3, -0.25) is 4.72 Å². The topological polar surface area (TPSA) is 72.2 Å². The lowest BCUT2D eigenvalue weighted by molar-refractivity contribution is 0.603. The molecule has 1 heterocycles. The number of nitrogen functional groups attached to an aromatic ring is 1. The van der Waals surface area contributed by atoms with Crippen molar-refractivity contribution in [2.45, 2.75) is 18.1 Å². The van der Waals surface area contributed by atoms with Crippen molar-refractivity contribution in [1.82, 2.24) is 0 Å². The molecule has 0 aliphatic heterocycles. The van der Waals surface area contributed by atoms with Crippen molar-refractivity contribution in [2.75, 3.05) is 10.5 Å². The first kappa shape index (κ1) is 15.8. The van der Waals surface area contributed by atoms with Crippen LogP contribution in [0.5, 0.6) is 0 Å². The zero-order valence-corrected chi connectivity index (χ0v) is 15.5. The van der Waals surface area contributed by atoms with E-state index in [1.54, 1.807) is 18.2 Å². The van der Waals surface area contributed by atoms with Crippen LogP contribution in [0.2, 0.25) is 0 Å².